The van der Waals surface area contributed by atoms with Crippen molar-refractivity contribution in [2.24, 2.45) is 0 Å². The van der Waals surface area contributed by atoms with E-state index >= 15 is 0 Å². The minimum atomic E-state index is 0.384. The van der Waals surface area contributed by atoms with Gasteiger partial charge in [0.25, 0.3) is 0 Å². The number of benzene rings is 7. The first-order valence-electron chi connectivity index (χ1n) is 18.9. The van der Waals surface area contributed by atoms with E-state index in [9.17, 15) is 15.8 Å². The van der Waals surface area contributed by atoms with E-state index in [0.717, 1.165) is 82.7 Å². The van der Waals surface area contributed by atoms with Crippen molar-refractivity contribution < 1.29 is 0 Å². The monoisotopic (exact) mass is 762 g/mol. The Balaban J connectivity index is 1.28. The summed E-state index contributed by atoms with van der Waals surface area (Å²) >= 11 is 0. The highest BCUT2D eigenvalue weighted by Gasteiger charge is 2.22. The highest BCUT2D eigenvalue weighted by Crippen LogP contribution is 2.42. The van der Waals surface area contributed by atoms with Crippen molar-refractivity contribution >= 4 is 55.0 Å². The summed E-state index contributed by atoms with van der Waals surface area (Å²) in [6, 6.07) is 53.9. The summed E-state index contributed by atoms with van der Waals surface area (Å²) in [6.45, 7) is 15.3. The molecule has 0 amide bonds. The van der Waals surface area contributed by atoms with E-state index in [0.29, 0.717) is 33.8 Å². The summed E-state index contributed by atoms with van der Waals surface area (Å²) in [6.07, 6.45) is 3.52. The van der Waals surface area contributed by atoms with Crippen LogP contribution < -0.4 is 0 Å². The first-order chi connectivity index (χ1) is 29.5. The molecule has 0 N–H and O–H groups in total. The fraction of sp³-hybridized carbons (Fsp3) is 0. The summed E-state index contributed by atoms with van der Waals surface area (Å²) in [5.41, 5.74) is 12.1. The predicted octanol–water partition coefficient (Wildman–Crippen LogP) is 13.0. The van der Waals surface area contributed by atoms with Gasteiger partial charge in [0.05, 0.1) is 64.3 Å². The fourth-order valence-electron chi connectivity index (χ4n) is 8.43. The highest BCUT2D eigenvalue weighted by atomic mass is 15.0. The summed E-state index contributed by atoms with van der Waals surface area (Å²) in [7, 11) is 0. The third-order valence-electron chi connectivity index (χ3n) is 11.1. The second kappa shape index (κ2) is 14.0. The third-order valence-corrected chi connectivity index (χ3v) is 11.1. The normalized spacial score (nSPS) is 10.9. The van der Waals surface area contributed by atoms with Crippen molar-refractivity contribution in [1.29, 1.82) is 15.8 Å². The smallest absolute Gasteiger partial charge is 0.189 e. The topological polar surface area (TPSA) is 103 Å². The van der Waals surface area contributed by atoms with Gasteiger partial charge in [-0.2, -0.15) is 15.8 Å². The van der Waals surface area contributed by atoms with Gasteiger partial charge < -0.3 is 9.13 Å². The lowest BCUT2D eigenvalue weighted by atomic mass is 9.99. The van der Waals surface area contributed by atoms with Gasteiger partial charge in [0.15, 0.2) is 11.4 Å². The maximum atomic E-state index is 11.1. The van der Waals surface area contributed by atoms with Gasteiger partial charge in [-0.25, -0.2) is 9.69 Å². The molecule has 8 heteroatoms. The molecule has 7 aromatic carbocycles. The number of nitrogens with zero attached hydrogens (tertiary/aromatic N) is 8. The maximum Gasteiger partial charge on any atom is 0.189 e. The number of para-hydroxylation sites is 2. The highest BCUT2D eigenvalue weighted by molar-refractivity contribution is 6.12. The van der Waals surface area contributed by atoms with Crippen molar-refractivity contribution in [2.75, 3.05) is 0 Å². The third kappa shape index (κ3) is 5.61. The lowest BCUT2D eigenvalue weighted by molar-refractivity contribution is 1.13. The Morgan fingerprint density at radius 1 is 0.433 bits per heavy atom. The lowest BCUT2D eigenvalue weighted by Gasteiger charge is -2.19. The van der Waals surface area contributed by atoms with E-state index in [-0.39, 0.29) is 0 Å². The molecule has 0 radical (unpaired) electrons. The standard InChI is InChI=1S/C52H26N8/c1-56-40-21-32(29-53)19-37(23-40)35-11-13-44-42-7-3-5-9-47(42)59(50(44)25-35)49-28-46(34-15-17-58-18-16-34)52(27-39(49)31-55)60-48-10-6-4-8-43(48)45-14-12-36(26-51(45)60)38-20-33(30-54)22-41(24-38)57-2/h3-28H. The van der Waals surface area contributed by atoms with Crippen LogP contribution in [-0.2, 0) is 0 Å². The van der Waals surface area contributed by atoms with Crippen molar-refractivity contribution in [3.63, 3.8) is 0 Å². The number of aromatic nitrogens is 3. The molecule has 60 heavy (non-hydrogen) atoms. The van der Waals surface area contributed by atoms with Gasteiger partial charge in [0, 0.05) is 50.6 Å². The molecule has 3 heterocycles. The summed E-state index contributed by atoms with van der Waals surface area (Å²) < 4.78 is 4.33. The Hall–Kier alpha value is -9.26. The Labute approximate surface area is 344 Å². The van der Waals surface area contributed by atoms with Gasteiger partial charge in [0.1, 0.15) is 6.07 Å². The predicted molar refractivity (Wildman–Crippen MR) is 236 cm³/mol. The summed E-state index contributed by atoms with van der Waals surface area (Å²) in [5.74, 6) is 0. The number of hydrogen-bond acceptors (Lipinski definition) is 4. The molecule has 0 aliphatic rings. The molecule has 0 aliphatic heterocycles. The zero-order valence-corrected chi connectivity index (χ0v) is 31.6. The first kappa shape index (κ1) is 35.2. The second-order valence-electron chi connectivity index (χ2n) is 14.4. The maximum absolute atomic E-state index is 11.1. The molecule has 10 aromatic rings. The van der Waals surface area contributed by atoms with Gasteiger partial charge in [-0.1, -0.05) is 60.7 Å². The van der Waals surface area contributed by atoms with Crippen LogP contribution in [0.4, 0.5) is 11.4 Å². The molecule has 0 saturated carbocycles. The van der Waals surface area contributed by atoms with Gasteiger partial charge >= 0.3 is 0 Å². The van der Waals surface area contributed by atoms with Crippen molar-refractivity contribution in [1.82, 2.24) is 14.1 Å². The molecule has 3 aromatic heterocycles. The van der Waals surface area contributed by atoms with Crippen LogP contribution in [0.2, 0.25) is 0 Å². The molecule has 0 fully saturated rings. The van der Waals surface area contributed by atoms with E-state index in [1.807, 2.05) is 54.6 Å². The fourth-order valence-corrected chi connectivity index (χ4v) is 8.43. The molecule has 274 valence electrons. The van der Waals surface area contributed by atoms with E-state index in [2.05, 4.69) is 96.6 Å². The van der Waals surface area contributed by atoms with Crippen LogP contribution in [0.1, 0.15) is 16.7 Å². The number of nitriles is 3. The van der Waals surface area contributed by atoms with Crippen LogP contribution in [0.15, 0.2) is 158 Å². The minimum absolute atomic E-state index is 0.384. The molecular formula is C52H26N8. The van der Waals surface area contributed by atoms with Crippen molar-refractivity contribution in [2.45, 2.75) is 0 Å². The number of rotatable bonds is 5. The minimum Gasteiger partial charge on any atom is -0.309 e. The quantitative estimate of drug-likeness (QED) is 0.163. The number of hydrogen-bond donors (Lipinski definition) is 0. The molecule has 10 rings (SSSR count). The average molecular weight is 763 g/mol. The first-order valence-corrected chi connectivity index (χ1v) is 18.9. The average Bonchev–Trinajstić information content (AvgIpc) is 3.82. The zero-order chi connectivity index (χ0) is 40.9. The van der Waals surface area contributed by atoms with Crippen LogP contribution in [0.3, 0.4) is 0 Å². The van der Waals surface area contributed by atoms with E-state index in [4.69, 9.17) is 13.1 Å². The molecule has 0 atom stereocenters. The Kier molecular flexibility index (Phi) is 8.23. The van der Waals surface area contributed by atoms with Crippen LogP contribution in [-0.4, -0.2) is 14.1 Å². The molecule has 0 aliphatic carbocycles. The van der Waals surface area contributed by atoms with E-state index in [1.54, 1.807) is 48.8 Å². The van der Waals surface area contributed by atoms with Crippen LogP contribution in [0, 0.1) is 47.1 Å². The van der Waals surface area contributed by atoms with Gasteiger partial charge in [-0.3, -0.25) is 4.98 Å². The van der Waals surface area contributed by atoms with Crippen molar-refractivity contribution in [3.8, 4) is 63.0 Å². The van der Waals surface area contributed by atoms with Crippen molar-refractivity contribution in [3.05, 3.63) is 198 Å². The molecule has 0 spiro atoms. The Morgan fingerprint density at radius 3 is 1.43 bits per heavy atom. The summed E-state index contributed by atoms with van der Waals surface area (Å²) in [5, 5.41) is 34.7. The second-order valence-corrected chi connectivity index (χ2v) is 14.4. The summed E-state index contributed by atoms with van der Waals surface area (Å²) in [4.78, 5) is 11.6. The Bertz CT molecular complexity index is 3600. The van der Waals surface area contributed by atoms with E-state index < -0.39 is 0 Å². The largest absolute Gasteiger partial charge is 0.309 e. The molecule has 0 bridgehead atoms. The van der Waals surface area contributed by atoms with Crippen LogP contribution in [0.5, 0.6) is 0 Å². The molecule has 0 unspecified atom stereocenters. The van der Waals surface area contributed by atoms with Gasteiger partial charge in [0.2, 0.25) is 0 Å². The van der Waals surface area contributed by atoms with Crippen LogP contribution >= 0.6 is 0 Å². The Morgan fingerprint density at radius 2 is 0.933 bits per heavy atom. The van der Waals surface area contributed by atoms with Gasteiger partial charge in [-0.15, -0.1) is 0 Å². The van der Waals surface area contributed by atoms with Crippen LogP contribution in [0.25, 0.3) is 98.1 Å². The molecule has 0 saturated heterocycles. The van der Waals surface area contributed by atoms with Gasteiger partial charge in [-0.05, 0) is 113 Å². The lowest BCUT2D eigenvalue weighted by Crippen LogP contribution is -2.04. The zero-order valence-electron chi connectivity index (χ0n) is 31.6. The SMILES string of the molecule is [C-]#[N+]c1cc(C#N)cc(-c2ccc3c4ccccc4n(-c4cc(-c5ccncc5)c(-n5c6ccccc6c6ccc(-c7cc(C#N)cc([N+]#[C-])c7)cc65)cc4C#N)c3c2)c1. The number of fused-ring (bicyclic) bond motifs is 6. The molecular weight excluding hydrogens is 737 g/mol. The number of pyridine rings is 1. The van der Waals surface area contributed by atoms with E-state index in [1.165, 1.54) is 0 Å². The molecule has 8 nitrogen and oxygen atoms in total.